The maximum Gasteiger partial charge on any atom is 0.202 e. The number of benzene rings is 1. The Morgan fingerprint density at radius 3 is 2.88 bits per heavy atom. The molecule has 1 radical (unpaired) electrons. The van der Waals surface area contributed by atoms with E-state index in [4.69, 9.17) is 0 Å². The quantitative estimate of drug-likeness (QED) is 0.887. The largest absolute Gasteiger partial charge is 0.364 e. The zero-order chi connectivity index (χ0) is 11.7. The van der Waals surface area contributed by atoms with E-state index in [0.29, 0.717) is 0 Å². The molecule has 0 amide bonds. The molecule has 0 spiro atoms. The zero-order valence-electron chi connectivity index (χ0n) is 9.04. The fraction of sp³-hybridized carbons (Fsp3) is 0.333. The first-order valence-corrected chi connectivity index (χ1v) is 7.25. The minimum atomic E-state index is -1.21. The molecule has 2 aliphatic heterocycles. The van der Waals surface area contributed by atoms with Crippen molar-refractivity contribution in [3.63, 3.8) is 0 Å². The van der Waals surface area contributed by atoms with Gasteiger partial charge in [-0.1, -0.05) is 42.1 Å². The molecule has 2 unspecified atom stereocenters. The van der Waals surface area contributed by atoms with Crippen LogP contribution in [0.5, 0.6) is 0 Å². The molecule has 87 valence electrons. The van der Waals surface area contributed by atoms with Crippen molar-refractivity contribution in [2.75, 3.05) is 12.3 Å². The summed E-state index contributed by atoms with van der Waals surface area (Å²) < 4.78 is 0. The number of rotatable bonds is 2. The molecule has 17 heavy (non-hydrogen) atoms. The summed E-state index contributed by atoms with van der Waals surface area (Å²) in [7, 11) is 0. The van der Waals surface area contributed by atoms with Crippen molar-refractivity contribution < 1.29 is 5.11 Å². The van der Waals surface area contributed by atoms with Crippen molar-refractivity contribution >= 4 is 34.1 Å². The lowest BCUT2D eigenvalue weighted by Crippen LogP contribution is -2.36. The van der Waals surface area contributed by atoms with Crippen LogP contribution in [-0.4, -0.2) is 33.2 Å². The smallest absolute Gasteiger partial charge is 0.202 e. The van der Waals surface area contributed by atoms with Gasteiger partial charge in [-0.05, 0) is 0 Å². The van der Waals surface area contributed by atoms with Crippen LogP contribution in [0.4, 0.5) is 0 Å². The Balaban J connectivity index is 1.97. The Labute approximate surface area is 108 Å². The molecule has 3 nitrogen and oxygen atoms in total. The van der Waals surface area contributed by atoms with E-state index in [1.54, 1.807) is 11.8 Å². The van der Waals surface area contributed by atoms with Crippen LogP contribution in [0.15, 0.2) is 40.3 Å². The third kappa shape index (κ3) is 1.92. The summed E-state index contributed by atoms with van der Waals surface area (Å²) >= 11 is 3.13. The molecular weight excluding hydrogens is 252 g/mol. The molecule has 2 aliphatic rings. The molecule has 1 N–H and O–H groups in total. The van der Waals surface area contributed by atoms with Crippen LogP contribution >= 0.6 is 23.5 Å². The second-order valence-electron chi connectivity index (χ2n) is 3.86. The Kier molecular flexibility index (Phi) is 2.98. The monoisotopic (exact) mass is 263 g/mol. The first-order chi connectivity index (χ1) is 8.31. The van der Waals surface area contributed by atoms with Crippen molar-refractivity contribution in [2.24, 2.45) is 9.98 Å². The number of nitrogens with zero attached hydrogens (tertiary/aromatic N) is 2. The minimum absolute atomic E-state index is 0.141. The second kappa shape index (κ2) is 4.48. The normalized spacial score (nSPS) is 31.8. The molecule has 0 aromatic heterocycles. The maximum absolute atomic E-state index is 10.7. The fourth-order valence-electron chi connectivity index (χ4n) is 1.92. The van der Waals surface area contributed by atoms with Gasteiger partial charge < -0.3 is 5.11 Å². The van der Waals surface area contributed by atoms with Gasteiger partial charge in [-0.3, -0.25) is 4.99 Å². The van der Waals surface area contributed by atoms with Crippen LogP contribution in [0.3, 0.4) is 0 Å². The van der Waals surface area contributed by atoms with E-state index in [2.05, 4.69) is 15.5 Å². The van der Waals surface area contributed by atoms with Gasteiger partial charge in [0.15, 0.2) is 0 Å². The van der Waals surface area contributed by atoms with Gasteiger partial charge in [0.2, 0.25) is 5.72 Å². The number of hydrogen-bond acceptors (Lipinski definition) is 5. The fourth-order valence-corrected chi connectivity index (χ4v) is 3.99. The summed E-state index contributed by atoms with van der Waals surface area (Å²) in [6.07, 6.45) is 0. The zero-order valence-corrected chi connectivity index (χ0v) is 10.7. The lowest BCUT2D eigenvalue weighted by molar-refractivity contribution is 0.0638. The van der Waals surface area contributed by atoms with Gasteiger partial charge in [0.25, 0.3) is 0 Å². The maximum atomic E-state index is 10.7. The molecule has 1 aromatic carbocycles. The predicted octanol–water partition coefficient (Wildman–Crippen LogP) is 2.00. The SMILES string of the molecule is OC1(c2ccccc2)N=[C]SC1C1=NCCS1. The van der Waals surface area contributed by atoms with Crippen molar-refractivity contribution in [2.45, 2.75) is 11.0 Å². The molecule has 3 rings (SSSR count). The molecule has 0 aliphatic carbocycles. The van der Waals surface area contributed by atoms with E-state index >= 15 is 0 Å². The molecule has 0 saturated carbocycles. The van der Waals surface area contributed by atoms with Gasteiger partial charge >= 0.3 is 0 Å². The van der Waals surface area contributed by atoms with Crippen molar-refractivity contribution in [3.8, 4) is 0 Å². The lowest BCUT2D eigenvalue weighted by atomic mass is 10.00. The molecule has 2 atom stereocenters. The highest BCUT2D eigenvalue weighted by Crippen LogP contribution is 2.42. The summed E-state index contributed by atoms with van der Waals surface area (Å²) in [4.78, 5) is 8.58. The third-order valence-electron chi connectivity index (χ3n) is 2.78. The molecule has 5 heteroatoms. The lowest BCUT2D eigenvalue weighted by Gasteiger charge is -2.26. The molecular formula is C12H11N2OS2. The van der Waals surface area contributed by atoms with Gasteiger partial charge in [0.05, 0.1) is 5.04 Å². The first-order valence-electron chi connectivity index (χ1n) is 5.38. The standard InChI is InChI=1S/C12H11N2OS2/c15-12(9-4-2-1-3-5-9)10(17-8-14-12)11-13-6-7-16-11/h1-5,10,15H,6-7H2. The van der Waals surface area contributed by atoms with Gasteiger partial charge in [-0.2, -0.15) is 0 Å². The summed E-state index contributed by atoms with van der Waals surface area (Å²) in [6, 6.07) is 9.53. The highest BCUT2D eigenvalue weighted by Gasteiger charge is 2.45. The number of aliphatic imine (C=N–C) groups is 2. The van der Waals surface area contributed by atoms with Crippen LogP contribution in [0.2, 0.25) is 0 Å². The van der Waals surface area contributed by atoms with Crippen LogP contribution in [0, 0.1) is 0 Å². The predicted molar refractivity (Wildman–Crippen MR) is 73.9 cm³/mol. The van der Waals surface area contributed by atoms with Gasteiger partial charge in [-0.25, -0.2) is 4.99 Å². The molecule has 0 saturated heterocycles. The van der Waals surface area contributed by atoms with Crippen molar-refractivity contribution in [1.29, 1.82) is 0 Å². The van der Waals surface area contributed by atoms with Gasteiger partial charge in [-0.15, -0.1) is 11.8 Å². The van der Waals surface area contributed by atoms with E-state index in [0.717, 1.165) is 22.9 Å². The van der Waals surface area contributed by atoms with E-state index in [9.17, 15) is 5.11 Å². The second-order valence-corrected chi connectivity index (χ2v) is 5.87. The van der Waals surface area contributed by atoms with Crippen molar-refractivity contribution in [1.82, 2.24) is 0 Å². The van der Waals surface area contributed by atoms with Crippen molar-refractivity contribution in [3.05, 3.63) is 35.9 Å². The van der Waals surface area contributed by atoms with Gasteiger partial charge in [0, 0.05) is 17.9 Å². The van der Waals surface area contributed by atoms with E-state index in [-0.39, 0.29) is 5.25 Å². The van der Waals surface area contributed by atoms with Crippen LogP contribution in [-0.2, 0) is 5.72 Å². The van der Waals surface area contributed by atoms with Crippen LogP contribution < -0.4 is 0 Å². The Bertz CT molecular complexity index is 475. The third-order valence-corrected chi connectivity index (χ3v) is 4.96. The number of hydrogen-bond donors (Lipinski definition) is 1. The summed E-state index contributed by atoms with van der Waals surface area (Å²) in [5.41, 5.74) is 2.43. The summed E-state index contributed by atoms with van der Waals surface area (Å²) in [6.45, 7) is 0.835. The molecule has 2 heterocycles. The van der Waals surface area contributed by atoms with E-state index in [1.807, 2.05) is 30.3 Å². The minimum Gasteiger partial charge on any atom is -0.364 e. The Hall–Kier alpha value is -0.780. The van der Waals surface area contributed by atoms with E-state index < -0.39 is 5.72 Å². The summed E-state index contributed by atoms with van der Waals surface area (Å²) in [5, 5.41) is 11.6. The highest BCUT2D eigenvalue weighted by molar-refractivity contribution is 8.19. The topological polar surface area (TPSA) is 45.0 Å². The molecule has 1 aromatic rings. The molecule has 0 bridgehead atoms. The number of aliphatic hydroxyl groups is 1. The number of thioether (sulfide) groups is 2. The van der Waals surface area contributed by atoms with E-state index in [1.165, 1.54) is 11.8 Å². The highest BCUT2D eigenvalue weighted by atomic mass is 32.2. The molecule has 0 fully saturated rings. The van der Waals surface area contributed by atoms with Crippen LogP contribution in [0.1, 0.15) is 5.56 Å². The first kappa shape index (κ1) is 11.3. The average Bonchev–Trinajstić information content (AvgIpc) is 2.99. The Morgan fingerprint density at radius 2 is 2.18 bits per heavy atom. The summed E-state index contributed by atoms with van der Waals surface area (Å²) in [5.74, 6) is 0.997. The Morgan fingerprint density at radius 1 is 1.35 bits per heavy atom. The average molecular weight is 263 g/mol. The van der Waals surface area contributed by atoms with Crippen LogP contribution in [0.25, 0.3) is 0 Å². The van der Waals surface area contributed by atoms with Gasteiger partial charge in [0.1, 0.15) is 10.8 Å².